The zero-order chi connectivity index (χ0) is 11.8. The maximum atomic E-state index is 11.9. The average Bonchev–Trinajstić information content (AvgIpc) is 2.35. The van der Waals surface area contributed by atoms with E-state index in [1.807, 2.05) is 5.48 Å². The number of carbonyl (C=O) groups excluding carboxylic acids is 1. The van der Waals surface area contributed by atoms with Crippen LogP contribution in [-0.2, 0) is 0 Å². The Balaban J connectivity index is 2.56. The van der Waals surface area contributed by atoms with Crippen molar-refractivity contribution in [2.24, 2.45) is 5.73 Å². The molecule has 1 aromatic rings. The summed E-state index contributed by atoms with van der Waals surface area (Å²) in [6.45, 7) is 0.593. The van der Waals surface area contributed by atoms with E-state index in [-0.39, 0.29) is 5.78 Å². The number of hydroxylamine groups is 1. The van der Waals surface area contributed by atoms with Crippen LogP contribution in [0.1, 0.15) is 29.8 Å². The molecule has 1 aromatic heterocycles. The molecule has 0 saturated heterocycles. The summed E-state index contributed by atoms with van der Waals surface area (Å²) in [6.07, 6.45) is 3.76. The summed E-state index contributed by atoms with van der Waals surface area (Å²) in [5.74, 6) is -0.194. The molecule has 1 unspecified atom stereocenters. The van der Waals surface area contributed by atoms with E-state index in [0.29, 0.717) is 18.7 Å². The summed E-state index contributed by atoms with van der Waals surface area (Å²) in [5, 5.41) is 8.93. The van der Waals surface area contributed by atoms with E-state index in [0.717, 1.165) is 12.8 Å². The van der Waals surface area contributed by atoms with E-state index >= 15 is 0 Å². The Labute approximate surface area is 94.6 Å². The first-order valence-electron chi connectivity index (χ1n) is 5.34. The minimum Gasteiger partial charge on any atom is -0.330 e. The van der Waals surface area contributed by atoms with E-state index in [2.05, 4.69) is 4.98 Å². The molecule has 0 saturated carbocycles. The lowest BCUT2D eigenvalue weighted by molar-refractivity contribution is 0.0741. The third kappa shape index (κ3) is 3.69. The highest BCUT2D eigenvalue weighted by atomic mass is 16.5. The lowest BCUT2D eigenvalue weighted by atomic mass is 10.0. The summed E-state index contributed by atoms with van der Waals surface area (Å²) in [7, 11) is 0. The molecule has 0 fully saturated rings. The van der Waals surface area contributed by atoms with Crippen molar-refractivity contribution in [1.82, 2.24) is 10.5 Å². The molecule has 1 atom stereocenters. The Morgan fingerprint density at radius 2 is 2.31 bits per heavy atom. The van der Waals surface area contributed by atoms with E-state index in [1.165, 1.54) is 0 Å². The summed E-state index contributed by atoms with van der Waals surface area (Å²) in [6, 6.07) is 4.53. The molecule has 0 aliphatic heterocycles. The SMILES string of the molecule is NCCCCC(NO)C(=O)c1ccccn1. The fourth-order valence-electron chi connectivity index (χ4n) is 1.43. The fraction of sp³-hybridized carbons (Fsp3) is 0.455. The molecule has 0 amide bonds. The molecule has 4 N–H and O–H groups in total. The summed E-state index contributed by atoms with van der Waals surface area (Å²) >= 11 is 0. The van der Waals surface area contributed by atoms with Gasteiger partial charge in [-0.15, -0.1) is 0 Å². The highest BCUT2D eigenvalue weighted by molar-refractivity contribution is 5.98. The maximum absolute atomic E-state index is 11.9. The molecule has 0 aromatic carbocycles. The largest absolute Gasteiger partial charge is 0.330 e. The van der Waals surface area contributed by atoms with Crippen LogP contribution >= 0.6 is 0 Å². The van der Waals surface area contributed by atoms with Crippen molar-refractivity contribution in [3.63, 3.8) is 0 Å². The number of nitrogens with zero attached hydrogens (tertiary/aromatic N) is 1. The van der Waals surface area contributed by atoms with Gasteiger partial charge in [0.1, 0.15) is 5.69 Å². The van der Waals surface area contributed by atoms with Crippen LogP contribution < -0.4 is 11.2 Å². The van der Waals surface area contributed by atoms with E-state index in [4.69, 9.17) is 10.9 Å². The average molecular weight is 223 g/mol. The van der Waals surface area contributed by atoms with Crippen molar-refractivity contribution in [2.45, 2.75) is 25.3 Å². The quantitative estimate of drug-likeness (QED) is 0.360. The van der Waals surface area contributed by atoms with Gasteiger partial charge in [-0.2, -0.15) is 5.48 Å². The number of hydrogen-bond donors (Lipinski definition) is 3. The third-order valence-corrected chi connectivity index (χ3v) is 2.34. The number of rotatable bonds is 7. The van der Waals surface area contributed by atoms with Gasteiger partial charge in [-0.3, -0.25) is 9.78 Å². The monoisotopic (exact) mass is 223 g/mol. The van der Waals surface area contributed by atoms with Crippen molar-refractivity contribution in [1.29, 1.82) is 0 Å². The van der Waals surface area contributed by atoms with Crippen molar-refractivity contribution >= 4 is 5.78 Å². The first-order chi connectivity index (χ1) is 7.79. The van der Waals surface area contributed by atoms with E-state index in [9.17, 15) is 4.79 Å². The molecule has 1 rings (SSSR count). The highest BCUT2D eigenvalue weighted by Gasteiger charge is 2.19. The van der Waals surface area contributed by atoms with Gasteiger partial charge in [0.05, 0.1) is 6.04 Å². The topological polar surface area (TPSA) is 88.2 Å². The zero-order valence-corrected chi connectivity index (χ0v) is 9.10. The molecule has 88 valence electrons. The van der Waals surface area contributed by atoms with Crippen molar-refractivity contribution in [2.75, 3.05) is 6.54 Å². The first-order valence-corrected chi connectivity index (χ1v) is 5.34. The van der Waals surface area contributed by atoms with E-state index < -0.39 is 6.04 Å². The van der Waals surface area contributed by atoms with Gasteiger partial charge in [-0.1, -0.05) is 12.5 Å². The fourth-order valence-corrected chi connectivity index (χ4v) is 1.43. The summed E-state index contributed by atoms with van der Waals surface area (Å²) in [4.78, 5) is 15.8. The van der Waals surface area contributed by atoms with Crippen LogP contribution in [0.5, 0.6) is 0 Å². The van der Waals surface area contributed by atoms with Crippen LogP contribution in [0.3, 0.4) is 0 Å². The van der Waals surface area contributed by atoms with Crippen LogP contribution in [0, 0.1) is 0 Å². The molecule has 0 spiro atoms. The maximum Gasteiger partial charge on any atom is 0.200 e. The number of nitrogens with two attached hydrogens (primary N) is 1. The number of aromatic nitrogens is 1. The van der Waals surface area contributed by atoms with E-state index in [1.54, 1.807) is 24.4 Å². The molecule has 0 radical (unpaired) electrons. The Hall–Kier alpha value is -1.30. The van der Waals surface area contributed by atoms with Gasteiger partial charge in [0.25, 0.3) is 0 Å². The Bertz CT molecular complexity index is 316. The second-order valence-electron chi connectivity index (χ2n) is 3.55. The molecule has 5 heteroatoms. The normalized spacial score (nSPS) is 12.4. The van der Waals surface area contributed by atoms with Crippen LogP contribution in [0.4, 0.5) is 0 Å². The van der Waals surface area contributed by atoms with Crippen LogP contribution in [0.25, 0.3) is 0 Å². The lowest BCUT2D eigenvalue weighted by Crippen LogP contribution is -2.35. The highest BCUT2D eigenvalue weighted by Crippen LogP contribution is 2.06. The Morgan fingerprint density at radius 3 is 2.88 bits per heavy atom. The second kappa shape index (κ2) is 7.05. The molecule has 0 bridgehead atoms. The van der Waals surface area contributed by atoms with Gasteiger partial charge in [0.15, 0.2) is 5.78 Å². The second-order valence-corrected chi connectivity index (χ2v) is 3.55. The van der Waals surface area contributed by atoms with Crippen LogP contribution in [-0.4, -0.2) is 28.6 Å². The molecular weight excluding hydrogens is 206 g/mol. The number of nitrogens with one attached hydrogen (secondary N) is 1. The van der Waals surface area contributed by atoms with Gasteiger partial charge in [0.2, 0.25) is 0 Å². The number of ketones is 1. The third-order valence-electron chi connectivity index (χ3n) is 2.34. The van der Waals surface area contributed by atoms with Crippen molar-refractivity contribution in [3.8, 4) is 0 Å². The summed E-state index contributed by atoms with van der Waals surface area (Å²) < 4.78 is 0. The molecular formula is C11H17N3O2. The van der Waals surface area contributed by atoms with Gasteiger partial charge < -0.3 is 10.9 Å². The first kappa shape index (κ1) is 12.8. The predicted octanol–water partition coefficient (Wildman–Crippen LogP) is 0.741. The van der Waals surface area contributed by atoms with Gasteiger partial charge >= 0.3 is 0 Å². The van der Waals surface area contributed by atoms with Crippen molar-refractivity contribution < 1.29 is 10.0 Å². The van der Waals surface area contributed by atoms with Crippen LogP contribution in [0.2, 0.25) is 0 Å². The predicted molar refractivity (Wildman–Crippen MR) is 60.2 cm³/mol. The Kier molecular flexibility index (Phi) is 5.63. The standard InChI is InChI=1S/C11H17N3O2/c12-7-3-1-6-10(14-16)11(15)9-5-2-4-8-13-9/h2,4-5,8,10,14,16H,1,3,6-7,12H2. The molecule has 0 aliphatic rings. The number of Topliss-reactive ketones (excluding diaryl/α,β-unsaturated/α-hetero) is 1. The smallest absolute Gasteiger partial charge is 0.200 e. The lowest BCUT2D eigenvalue weighted by Gasteiger charge is -2.12. The minimum absolute atomic E-state index is 0.194. The number of unbranched alkanes of at least 4 members (excludes halogenated alkanes) is 1. The molecule has 0 aliphatic carbocycles. The Morgan fingerprint density at radius 1 is 1.50 bits per heavy atom. The zero-order valence-electron chi connectivity index (χ0n) is 9.10. The molecule has 16 heavy (non-hydrogen) atoms. The van der Waals surface area contributed by atoms with Crippen LogP contribution in [0.15, 0.2) is 24.4 Å². The number of hydrogen-bond acceptors (Lipinski definition) is 5. The van der Waals surface area contributed by atoms with Gasteiger partial charge in [-0.05, 0) is 31.5 Å². The van der Waals surface area contributed by atoms with Gasteiger partial charge in [-0.25, -0.2) is 0 Å². The number of pyridine rings is 1. The minimum atomic E-state index is -0.596. The number of carbonyl (C=O) groups is 1. The summed E-state index contributed by atoms with van der Waals surface area (Å²) in [5.41, 5.74) is 7.75. The molecule has 5 nitrogen and oxygen atoms in total. The van der Waals surface area contributed by atoms with Crippen molar-refractivity contribution in [3.05, 3.63) is 30.1 Å². The molecule has 1 heterocycles. The van der Waals surface area contributed by atoms with Gasteiger partial charge in [0, 0.05) is 6.20 Å².